The average Bonchev–Trinajstić information content (AvgIpc) is 2.86. The lowest BCUT2D eigenvalue weighted by molar-refractivity contribution is -0.213. The maximum absolute atomic E-state index is 12.9. The summed E-state index contributed by atoms with van der Waals surface area (Å²) in [5.74, 6) is -0.502. The van der Waals surface area contributed by atoms with Gasteiger partial charge in [0.25, 0.3) is 0 Å². The fourth-order valence-electron chi connectivity index (χ4n) is 3.93. The lowest BCUT2D eigenvalue weighted by Gasteiger charge is -2.39. The number of rotatable bonds is 10. The minimum atomic E-state index is -0.797. The van der Waals surface area contributed by atoms with E-state index in [2.05, 4.69) is 0 Å². The molecular formula is C28H30O5. The minimum Gasteiger partial charge on any atom is -0.458 e. The third-order valence-electron chi connectivity index (χ3n) is 5.85. The van der Waals surface area contributed by atoms with Crippen LogP contribution in [0.1, 0.15) is 23.6 Å². The lowest BCUT2D eigenvalue weighted by atomic mass is 9.91. The van der Waals surface area contributed by atoms with Gasteiger partial charge in [-0.05, 0) is 16.7 Å². The monoisotopic (exact) mass is 446 g/mol. The van der Waals surface area contributed by atoms with Crippen LogP contribution in [0.15, 0.2) is 91.0 Å². The van der Waals surface area contributed by atoms with E-state index in [-0.39, 0.29) is 5.92 Å². The number of ether oxygens (including phenoxy) is 4. The Labute approximate surface area is 195 Å². The summed E-state index contributed by atoms with van der Waals surface area (Å²) in [7, 11) is 0. The van der Waals surface area contributed by atoms with Crippen molar-refractivity contribution in [3.05, 3.63) is 108 Å². The summed E-state index contributed by atoms with van der Waals surface area (Å²) >= 11 is 0. The molecule has 1 fully saturated rings. The van der Waals surface area contributed by atoms with Gasteiger partial charge in [0.05, 0.1) is 26.4 Å². The molecule has 5 nitrogen and oxygen atoms in total. The van der Waals surface area contributed by atoms with Gasteiger partial charge in [-0.1, -0.05) is 97.9 Å². The van der Waals surface area contributed by atoms with Gasteiger partial charge in [0, 0.05) is 5.92 Å². The summed E-state index contributed by atoms with van der Waals surface area (Å²) in [6.07, 6.45) is -1.65. The smallest absolute Gasteiger partial charge is 0.338 e. The number of carbonyl (C=O) groups excluding carboxylic acids is 1. The van der Waals surface area contributed by atoms with E-state index in [0.29, 0.717) is 26.4 Å². The minimum absolute atomic E-state index is 0.0945. The average molecular weight is 447 g/mol. The van der Waals surface area contributed by atoms with Crippen LogP contribution < -0.4 is 0 Å². The van der Waals surface area contributed by atoms with Crippen LogP contribution in [0.5, 0.6) is 0 Å². The third kappa shape index (κ3) is 6.51. The normalized spacial score (nSPS) is 22.6. The Kier molecular flexibility index (Phi) is 8.25. The van der Waals surface area contributed by atoms with Gasteiger partial charge >= 0.3 is 5.97 Å². The van der Waals surface area contributed by atoms with E-state index in [9.17, 15) is 4.79 Å². The highest BCUT2D eigenvalue weighted by Crippen LogP contribution is 2.29. The molecule has 0 aromatic heterocycles. The van der Waals surface area contributed by atoms with E-state index in [1.54, 1.807) is 0 Å². The molecule has 3 aromatic carbocycles. The maximum Gasteiger partial charge on any atom is 0.338 e. The van der Waals surface area contributed by atoms with Crippen LogP contribution in [0.4, 0.5) is 0 Å². The number of benzene rings is 3. The molecule has 5 heteroatoms. The SMILES string of the molecule is CC1C(COCc2ccccc2)OC(=O)C(OCc2ccccc2)C1OCc1ccccc1. The molecule has 1 saturated heterocycles. The molecule has 0 spiro atoms. The van der Waals surface area contributed by atoms with Gasteiger partial charge < -0.3 is 18.9 Å². The molecule has 0 aliphatic carbocycles. The number of hydrogen-bond acceptors (Lipinski definition) is 5. The van der Waals surface area contributed by atoms with Crippen LogP contribution in [-0.2, 0) is 43.6 Å². The summed E-state index contributed by atoms with van der Waals surface area (Å²) in [6.45, 7) is 3.50. The molecule has 4 unspecified atom stereocenters. The quantitative estimate of drug-likeness (QED) is 0.413. The van der Waals surface area contributed by atoms with Crippen molar-refractivity contribution in [1.82, 2.24) is 0 Å². The predicted molar refractivity (Wildman–Crippen MR) is 125 cm³/mol. The van der Waals surface area contributed by atoms with Crippen LogP contribution in [0.25, 0.3) is 0 Å². The molecule has 4 rings (SSSR count). The van der Waals surface area contributed by atoms with Crippen LogP contribution in [0.2, 0.25) is 0 Å². The largest absolute Gasteiger partial charge is 0.458 e. The lowest BCUT2D eigenvalue weighted by Crippen LogP contribution is -2.54. The van der Waals surface area contributed by atoms with E-state index in [1.165, 1.54) is 0 Å². The zero-order valence-electron chi connectivity index (χ0n) is 18.8. The zero-order valence-corrected chi connectivity index (χ0v) is 18.8. The molecule has 172 valence electrons. The first-order chi connectivity index (χ1) is 16.2. The van der Waals surface area contributed by atoms with Crippen molar-refractivity contribution in [2.24, 2.45) is 5.92 Å². The van der Waals surface area contributed by atoms with E-state index < -0.39 is 24.3 Å². The van der Waals surface area contributed by atoms with E-state index in [4.69, 9.17) is 18.9 Å². The number of cyclic esters (lactones) is 1. The second-order valence-electron chi connectivity index (χ2n) is 8.31. The molecule has 3 aromatic rings. The molecule has 1 aliphatic heterocycles. The Morgan fingerprint density at radius 1 is 0.697 bits per heavy atom. The number of hydrogen-bond donors (Lipinski definition) is 0. The molecule has 33 heavy (non-hydrogen) atoms. The molecule has 0 amide bonds. The van der Waals surface area contributed by atoms with Crippen molar-refractivity contribution in [3.63, 3.8) is 0 Å². The summed E-state index contributed by atoms with van der Waals surface area (Å²) in [6, 6.07) is 29.7. The summed E-state index contributed by atoms with van der Waals surface area (Å²) in [5, 5.41) is 0. The Morgan fingerprint density at radius 2 is 1.18 bits per heavy atom. The first-order valence-corrected chi connectivity index (χ1v) is 11.3. The summed E-state index contributed by atoms with van der Waals surface area (Å²) in [4.78, 5) is 12.9. The Bertz CT molecular complexity index is 977. The number of carbonyl (C=O) groups is 1. The molecule has 0 saturated carbocycles. The Hall–Kier alpha value is -2.99. The van der Waals surface area contributed by atoms with Gasteiger partial charge in [0.2, 0.25) is 0 Å². The Balaban J connectivity index is 1.42. The topological polar surface area (TPSA) is 54.0 Å². The van der Waals surface area contributed by atoms with Crippen LogP contribution in [0, 0.1) is 5.92 Å². The third-order valence-corrected chi connectivity index (χ3v) is 5.85. The molecule has 0 N–H and O–H groups in total. The fourth-order valence-corrected chi connectivity index (χ4v) is 3.93. The predicted octanol–water partition coefficient (Wildman–Crippen LogP) is 4.94. The molecular weight excluding hydrogens is 416 g/mol. The first kappa shape index (κ1) is 23.2. The molecule has 4 atom stereocenters. The van der Waals surface area contributed by atoms with E-state index in [0.717, 1.165) is 16.7 Å². The second kappa shape index (κ2) is 11.8. The maximum atomic E-state index is 12.9. The van der Waals surface area contributed by atoms with Gasteiger partial charge in [-0.15, -0.1) is 0 Å². The van der Waals surface area contributed by atoms with Gasteiger partial charge in [-0.3, -0.25) is 0 Å². The van der Waals surface area contributed by atoms with Crippen molar-refractivity contribution in [2.75, 3.05) is 6.61 Å². The standard InChI is InChI=1S/C28H30O5/c1-21-25(20-30-17-22-11-5-2-6-12-22)33-28(29)27(32-19-24-15-9-4-10-16-24)26(21)31-18-23-13-7-3-8-14-23/h2-16,21,25-27H,17-20H2,1H3. The van der Waals surface area contributed by atoms with Crippen molar-refractivity contribution >= 4 is 5.97 Å². The van der Waals surface area contributed by atoms with Gasteiger partial charge in [-0.25, -0.2) is 4.79 Å². The molecule has 0 radical (unpaired) electrons. The zero-order chi connectivity index (χ0) is 22.9. The molecule has 1 heterocycles. The van der Waals surface area contributed by atoms with Crippen LogP contribution >= 0.6 is 0 Å². The fraction of sp³-hybridized carbons (Fsp3) is 0.321. The van der Waals surface area contributed by atoms with Crippen molar-refractivity contribution in [3.8, 4) is 0 Å². The van der Waals surface area contributed by atoms with E-state index >= 15 is 0 Å². The second-order valence-corrected chi connectivity index (χ2v) is 8.31. The summed E-state index contributed by atoms with van der Waals surface area (Å²) < 4.78 is 23.9. The summed E-state index contributed by atoms with van der Waals surface area (Å²) in [5.41, 5.74) is 3.11. The van der Waals surface area contributed by atoms with Gasteiger partial charge in [-0.2, -0.15) is 0 Å². The molecule has 1 aliphatic rings. The molecule has 0 bridgehead atoms. The number of esters is 1. The van der Waals surface area contributed by atoms with Crippen LogP contribution in [-0.4, -0.2) is 30.9 Å². The van der Waals surface area contributed by atoms with Crippen molar-refractivity contribution in [2.45, 2.75) is 45.1 Å². The Morgan fingerprint density at radius 3 is 1.73 bits per heavy atom. The van der Waals surface area contributed by atoms with Crippen LogP contribution in [0.3, 0.4) is 0 Å². The van der Waals surface area contributed by atoms with Gasteiger partial charge in [0.1, 0.15) is 12.2 Å². The first-order valence-electron chi connectivity index (χ1n) is 11.3. The van der Waals surface area contributed by atoms with Crippen molar-refractivity contribution < 1.29 is 23.7 Å². The van der Waals surface area contributed by atoms with E-state index in [1.807, 2.05) is 97.9 Å². The van der Waals surface area contributed by atoms with Gasteiger partial charge in [0.15, 0.2) is 6.10 Å². The highest BCUT2D eigenvalue weighted by atomic mass is 16.6. The highest BCUT2D eigenvalue weighted by Gasteiger charge is 2.45. The van der Waals surface area contributed by atoms with Crippen molar-refractivity contribution in [1.29, 1.82) is 0 Å². The highest BCUT2D eigenvalue weighted by molar-refractivity contribution is 5.76.